The molecule has 0 heterocycles. The van der Waals surface area contributed by atoms with Crippen molar-refractivity contribution in [3.63, 3.8) is 0 Å². The zero-order chi connectivity index (χ0) is 25.6. The number of hydrogen-bond acceptors (Lipinski definition) is 5. The van der Waals surface area contributed by atoms with Gasteiger partial charge in [-0.05, 0) is 33.6 Å². The highest BCUT2D eigenvalue weighted by atomic mass is 28.4. The van der Waals surface area contributed by atoms with E-state index in [9.17, 15) is 26.7 Å². The molecule has 0 atom stereocenters. The van der Waals surface area contributed by atoms with Crippen LogP contribution in [0.2, 0.25) is 6.04 Å². The lowest BCUT2D eigenvalue weighted by Gasteiger charge is -2.28. The van der Waals surface area contributed by atoms with Crippen molar-refractivity contribution in [2.45, 2.75) is 84.6 Å². The zero-order valence-electron chi connectivity index (χ0n) is 20.1. The second kappa shape index (κ2) is 16.2. The molecule has 0 aliphatic rings. The Morgan fingerprint density at radius 1 is 0.618 bits per heavy atom. The molecule has 34 heavy (non-hydrogen) atoms. The van der Waals surface area contributed by atoms with Crippen molar-refractivity contribution in [3.05, 3.63) is 29.1 Å². The molecule has 1 aromatic rings. The summed E-state index contributed by atoms with van der Waals surface area (Å²) in [4.78, 5) is 11.7. The van der Waals surface area contributed by atoms with Gasteiger partial charge in [-0.2, -0.15) is 8.78 Å². The Balaban J connectivity index is 2.23. The largest absolute Gasteiger partial charge is 0.500 e. The van der Waals surface area contributed by atoms with Crippen LogP contribution in [0.1, 0.15) is 78.6 Å². The summed E-state index contributed by atoms with van der Waals surface area (Å²) in [5.41, 5.74) is 0. The van der Waals surface area contributed by atoms with Crippen LogP contribution >= 0.6 is 0 Å². The predicted octanol–water partition coefficient (Wildman–Crippen LogP) is 6.85. The fourth-order valence-corrected chi connectivity index (χ4v) is 6.20. The average molecular weight is 515 g/mol. The Morgan fingerprint density at radius 2 is 1.00 bits per heavy atom. The minimum Gasteiger partial charge on any atom is -0.420 e. The van der Waals surface area contributed by atoms with E-state index in [1.54, 1.807) is 0 Å². The third-order valence-corrected chi connectivity index (χ3v) is 8.24. The van der Waals surface area contributed by atoms with Crippen molar-refractivity contribution in [1.82, 2.24) is 0 Å². The minimum atomic E-state index is -2.59. The summed E-state index contributed by atoms with van der Waals surface area (Å²) in [6.07, 6.45) is 6.73. The number of rotatable bonds is 18. The van der Waals surface area contributed by atoms with E-state index in [-0.39, 0.29) is 6.42 Å². The normalized spacial score (nSPS) is 11.8. The number of carbonyl (C=O) groups excluding carboxylic acids is 1. The van der Waals surface area contributed by atoms with Crippen LogP contribution in [0.15, 0.2) is 0 Å². The molecule has 196 valence electrons. The van der Waals surface area contributed by atoms with Crippen LogP contribution in [-0.2, 0) is 18.1 Å². The first-order valence-electron chi connectivity index (χ1n) is 11.9. The third-order valence-electron chi connectivity index (χ3n) is 5.09. The van der Waals surface area contributed by atoms with Crippen molar-refractivity contribution >= 4 is 14.8 Å². The van der Waals surface area contributed by atoms with Crippen LogP contribution in [0.5, 0.6) is 5.75 Å². The second-order valence-electron chi connectivity index (χ2n) is 7.68. The standard InChI is InChI=1S/C23H35F5O5Si/c1-4-30-34(31-5-2,32-6-3)16-14-12-10-8-7-9-11-13-15-17(29)33-23-21(27)19(25)18(24)20(26)22(23)28/h4-16H2,1-3H3. The molecular weight excluding hydrogens is 479 g/mol. The molecule has 0 saturated heterocycles. The van der Waals surface area contributed by atoms with Gasteiger partial charge in [0.05, 0.1) is 0 Å². The predicted molar refractivity (Wildman–Crippen MR) is 119 cm³/mol. The van der Waals surface area contributed by atoms with E-state index in [0.717, 1.165) is 44.6 Å². The number of ether oxygens (including phenoxy) is 1. The maximum absolute atomic E-state index is 13.5. The molecule has 0 bridgehead atoms. The molecule has 0 spiro atoms. The van der Waals surface area contributed by atoms with Gasteiger partial charge in [-0.3, -0.25) is 4.79 Å². The first kappa shape index (κ1) is 30.5. The number of esters is 1. The highest BCUT2D eigenvalue weighted by Gasteiger charge is 2.39. The molecule has 0 saturated carbocycles. The summed E-state index contributed by atoms with van der Waals surface area (Å²) < 4.78 is 88.3. The van der Waals surface area contributed by atoms with Crippen LogP contribution in [-0.4, -0.2) is 34.6 Å². The highest BCUT2D eigenvalue weighted by molar-refractivity contribution is 6.60. The van der Waals surface area contributed by atoms with Gasteiger partial charge < -0.3 is 18.0 Å². The summed E-state index contributed by atoms with van der Waals surface area (Å²) in [5.74, 6) is -13.5. The van der Waals surface area contributed by atoms with Gasteiger partial charge in [0.25, 0.3) is 0 Å². The van der Waals surface area contributed by atoms with Crippen molar-refractivity contribution in [1.29, 1.82) is 0 Å². The molecule has 0 fully saturated rings. The fraction of sp³-hybridized carbons (Fsp3) is 0.696. The van der Waals surface area contributed by atoms with Crippen molar-refractivity contribution in [2.75, 3.05) is 19.8 Å². The molecule has 5 nitrogen and oxygen atoms in total. The fourth-order valence-electron chi connectivity index (χ4n) is 3.51. The molecule has 0 amide bonds. The van der Waals surface area contributed by atoms with E-state index in [2.05, 4.69) is 4.74 Å². The summed E-state index contributed by atoms with van der Waals surface area (Å²) in [7, 11) is -2.59. The molecule has 0 aromatic heterocycles. The highest BCUT2D eigenvalue weighted by Crippen LogP contribution is 2.29. The lowest BCUT2D eigenvalue weighted by Crippen LogP contribution is -2.45. The molecule has 0 aliphatic carbocycles. The van der Waals surface area contributed by atoms with Crippen LogP contribution < -0.4 is 4.74 Å². The van der Waals surface area contributed by atoms with E-state index in [1.165, 1.54) is 0 Å². The molecule has 0 unspecified atom stereocenters. The van der Waals surface area contributed by atoms with Crippen LogP contribution in [0.4, 0.5) is 22.0 Å². The SMILES string of the molecule is CCO[Si](CCCCCCCCCCC(=O)Oc1c(F)c(F)c(F)c(F)c1F)(OCC)OCC. The monoisotopic (exact) mass is 514 g/mol. The second-order valence-corrected chi connectivity index (χ2v) is 10.4. The summed E-state index contributed by atoms with van der Waals surface area (Å²) in [5, 5.41) is 0. The molecule has 0 N–H and O–H groups in total. The van der Waals surface area contributed by atoms with Gasteiger partial charge in [-0.25, -0.2) is 13.2 Å². The van der Waals surface area contributed by atoms with Gasteiger partial charge in [-0.1, -0.05) is 38.5 Å². The Hall–Kier alpha value is -1.56. The Bertz CT molecular complexity index is 720. The number of unbranched alkanes of at least 4 members (excludes halogenated alkanes) is 7. The average Bonchev–Trinajstić information content (AvgIpc) is 2.81. The Kier molecular flexibility index (Phi) is 14.5. The van der Waals surface area contributed by atoms with Crippen molar-refractivity contribution in [2.24, 2.45) is 0 Å². The minimum absolute atomic E-state index is 0.182. The van der Waals surface area contributed by atoms with Gasteiger partial charge in [-0.15, -0.1) is 0 Å². The summed E-state index contributed by atoms with van der Waals surface area (Å²) >= 11 is 0. The third kappa shape index (κ3) is 9.59. The molecule has 11 heteroatoms. The molecule has 1 aromatic carbocycles. The van der Waals surface area contributed by atoms with Gasteiger partial charge in [0.15, 0.2) is 0 Å². The van der Waals surface area contributed by atoms with Gasteiger partial charge in [0.2, 0.25) is 34.8 Å². The van der Waals surface area contributed by atoms with E-state index in [4.69, 9.17) is 13.3 Å². The van der Waals surface area contributed by atoms with Crippen molar-refractivity contribution in [3.8, 4) is 5.75 Å². The van der Waals surface area contributed by atoms with Crippen molar-refractivity contribution < 1.29 is 44.8 Å². The quantitative estimate of drug-likeness (QED) is 0.0408. The zero-order valence-corrected chi connectivity index (χ0v) is 21.1. The maximum atomic E-state index is 13.5. The smallest absolute Gasteiger partial charge is 0.420 e. The lowest BCUT2D eigenvalue weighted by molar-refractivity contribution is -0.135. The molecule has 0 aliphatic heterocycles. The summed E-state index contributed by atoms with van der Waals surface area (Å²) in [6.45, 7) is 7.46. The van der Waals surface area contributed by atoms with E-state index in [0.29, 0.717) is 32.7 Å². The van der Waals surface area contributed by atoms with E-state index < -0.39 is 49.6 Å². The number of carbonyl (C=O) groups is 1. The van der Waals surface area contributed by atoms with Gasteiger partial charge in [0.1, 0.15) is 0 Å². The first-order chi connectivity index (χ1) is 16.2. The Labute approximate surface area is 199 Å². The number of halogens is 5. The first-order valence-corrected chi connectivity index (χ1v) is 13.8. The van der Waals surface area contributed by atoms with Gasteiger partial charge in [0, 0.05) is 32.3 Å². The maximum Gasteiger partial charge on any atom is 0.500 e. The van der Waals surface area contributed by atoms with Crippen LogP contribution in [0, 0.1) is 29.1 Å². The van der Waals surface area contributed by atoms with E-state index >= 15 is 0 Å². The van der Waals surface area contributed by atoms with Gasteiger partial charge >= 0.3 is 14.8 Å². The van der Waals surface area contributed by atoms with E-state index in [1.807, 2.05) is 20.8 Å². The van der Waals surface area contributed by atoms with Crippen LogP contribution in [0.3, 0.4) is 0 Å². The van der Waals surface area contributed by atoms with Crippen LogP contribution in [0.25, 0.3) is 0 Å². The Morgan fingerprint density at radius 3 is 1.44 bits per heavy atom. The number of benzene rings is 1. The topological polar surface area (TPSA) is 54.0 Å². The number of hydrogen-bond donors (Lipinski definition) is 0. The molecule has 1 rings (SSSR count). The lowest BCUT2D eigenvalue weighted by atomic mass is 10.1. The summed E-state index contributed by atoms with van der Waals surface area (Å²) in [6, 6.07) is 0.785. The molecule has 0 radical (unpaired) electrons. The molecular formula is C23H35F5O5Si.